The lowest BCUT2D eigenvalue weighted by Crippen LogP contribution is -2.20. The van der Waals surface area contributed by atoms with Crippen molar-refractivity contribution in [2.45, 2.75) is 20.8 Å². The highest BCUT2D eigenvalue weighted by Gasteiger charge is 2.10. The van der Waals surface area contributed by atoms with Crippen LogP contribution in [0.1, 0.15) is 31.1 Å². The van der Waals surface area contributed by atoms with E-state index in [0.29, 0.717) is 11.5 Å². The molecule has 0 aliphatic rings. The van der Waals surface area contributed by atoms with E-state index in [1.54, 1.807) is 0 Å². The fourth-order valence-corrected chi connectivity index (χ4v) is 0.999. The fourth-order valence-electron chi connectivity index (χ4n) is 0.999. The highest BCUT2D eigenvalue weighted by molar-refractivity contribution is 5.96. The molecular weight excluding hydrogens is 206 g/mol. The molecule has 5 nitrogen and oxygen atoms in total. The number of anilines is 1. The van der Waals surface area contributed by atoms with Gasteiger partial charge in [0.2, 0.25) is 5.95 Å². The summed E-state index contributed by atoms with van der Waals surface area (Å²) in [6, 6.07) is 0. The zero-order chi connectivity index (χ0) is 12.2. The van der Waals surface area contributed by atoms with Crippen molar-refractivity contribution in [1.29, 1.82) is 0 Å². The molecule has 0 spiro atoms. The number of aliphatic hydroxyl groups excluding tert-OH is 1. The number of aliphatic hydroxyl groups is 1. The van der Waals surface area contributed by atoms with Gasteiger partial charge in [-0.15, -0.1) is 0 Å². The Bertz CT molecular complexity index is 354. The lowest BCUT2D eigenvalue weighted by Gasteiger charge is -2.18. The number of nitrogens with zero attached hydrogens (tertiary/aromatic N) is 2. The second kappa shape index (κ2) is 5.03. The topological polar surface area (TPSA) is 75.1 Å². The van der Waals surface area contributed by atoms with E-state index >= 15 is 0 Å². The number of rotatable bonds is 4. The monoisotopic (exact) mass is 223 g/mol. The van der Waals surface area contributed by atoms with Gasteiger partial charge in [0.25, 0.3) is 0 Å². The van der Waals surface area contributed by atoms with Crippen LogP contribution in [0.25, 0.3) is 0 Å². The second-order valence-electron chi connectivity index (χ2n) is 4.79. The standard InChI is InChI=1S/C11H17N3O2/c1-11(2,3)7-14-10-12-4-8(5-13-10)9(16)6-15/h4-5,15H,6-7H2,1-3H3,(H,12,13,14). The molecule has 0 radical (unpaired) electrons. The zero-order valence-corrected chi connectivity index (χ0v) is 9.82. The van der Waals surface area contributed by atoms with E-state index in [1.165, 1.54) is 12.4 Å². The largest absolute Gasteiger partial charge is 0.388 e. The third kappa shape index (κ3) is 3.94. The molecule has 16 heavy (non-hydrogen) atoms. The second-order valence-corrected chi connectivity index (χ2v) is 4.79. The maximum atomic E-state index is 11.1. The SMILES string of the molecule is CC(C)(C)CNc1ncc(C(=O)CO)cn1. The molecule has 0 aromatic carbocycles. The Morgan fingerprint density at radius 1 is 1.38 bits per heavy atom. The quantitative estimate of drug-likeness (QED) is 0.748. The minimum atomic E-state index is -0.516. The van der Waals surface area contributed by atoms with Crippen LogP contribution in [0, 0.1) is 5.41 Å². The molecular formula is C11H17N3O2. The Morgan fingerprint density at radius 2 is 1.94 bits per heavy atom. The lowest BCUT2D eigenvalue weighted by atomic mass is 9.97. The van der Waals surface area contributed by atoms with E-state index in [4.69, 9.17) is 5.11 Å². The number of ketones is 1. The van der Waals surface area contributed by atoms with Gasteiger partial charge < -0.3 is 10.4 Å². The molecule has 5 heteroatoms. The molecule has 0 aliphatic carbocycles. The van der Waals surface area contributed by atoms with Crippen LogP contribution in [-0.2, 0) is 0 Å². The van der Waals surface area contributed by atoms with Crippen molar-refractivity contribution >= 4 is 11.7 Å². The van der Waals surface area contributed by atoms with Gasteiger partial charge in [-0.1, -0.05) is 20.8 Å². The maximum absolute atomic E-state index is 11.1. The molecule has 1 rings (SSSR count). The number of hydrogen-bond donors (Lipinski definition) is 2. The van der Waals surface area contributed by atoms with Gasteiger partial charge in [-0.3, -0.25) is 4.79 Å². The molecule has 88 valence electrons. The third-order valence-electron chi connectivity index (χ3n) is 1.89. The number of Topliss-reactive ketones (excluding diaryl/α,β-unsaturated/α-hetero) is 1. The molecule has 0 amide bonds. The van der Waals surface area contributed by atoms with Gasteiger partial charge in [0, 0.05) is 18.9 Å². The summed E-state index contributed by atoms with van der Waals surface area (Å²) < 4.78 is 0. The van der Waals surface area contributed by atoms with Gasteiger partial charge in [0.05, 0.1) is 5.56 Å². The van der Waals surface area contributed by atoms with Crippen LogP contribution >= 0.6 is 0 Å². The van der Waals surface area contributed by atoms with Crippen LogP contribution in [0.3, 0.4) is 0 Å². The van der Waals surface area contributed by atoms with E-state index in [9.17, 15) is 4.79 Å². The number of hydrogen-bond acceptors (Lipinski definition) is 5. The first-order valence-electron chi connectivity index (χ1n) is 5.12. The Balaban J connectivity index is 2.62. The number of aromatic nitrogens is 2. The van der Waals surface area contributed by atoms with Gasteiger partial charge in [0.1, 0.15) is 6.61 Å². The van der Waals surface area contributed by atoms with Crippen molar-refractivity contribution in [1.82, 2.24) is 9.97 Å². The predicted molar refractivity (Wildman–Crippen MR) is 61.4 cm³/mol. The van der Waals surface area contributed by atoms with Crippen LogP contribution in [0.5, 0.6) is 0 Å². The smallest absolute Gasteiger partial charge is 0.222 e. The van der Waals surface area contributed by atoms with E-state index < -0.39 is 6.61 Å². The van der Waals surface area contributed by atoms with Crippen molar-refractivity contribution in [3.63, 3.8) is 0 Å². The van der Waals surface area contributed by atoms with Crippen molar-refractivity contribution in [3.05, 3.63) is 18.0 Å². The molecule has 0 aliphatic heterocycles. The molecule has 0 saturated carbocycles. The van der Waals surface area contributed by atoms with Crippen molar-refractivity contribution in [3.8, 4) is 0 Å². The van der Waals surface area contributed by atoms with E-state index in [1.807, 2.05) is 0 Å². The van der Waals surface area contributed by atoms with E-state index in [-0.39, 0.29) is 11.2 Å². The van der Waals surface area contributed by atoms with Crippen LogP contribution in [0.15, 0.2) is 12.4 Å². The molecule has 0 fully saturated rings. The first-order chi connectivity index (χ1) is 7.42. The summed E-state index contributed by atoms with van der Waals surface area (Å²) in [6.07, 6.45) is 2.83. The van der Waals surface area contributed by atoms with Gasteiger partial charge >= 0.3 is 0 Å². The summed E-state index contributed by atoms with van der Waals surface area (Å²) in [7, 11) is 0. The van der Waals surface area contributed by atoms with E-state index in [2.05, 4.69) is 36.1 Å². The minimum Gasteiger partial charge on any atom is -0.388 e. The first-order valence-corrected chi connectivity index (χ1v) is 5.12. The minimum absolute atomic E-state index is 0.142. The highest BCUT2D eigenvalue weighted by Crippen LogP contribution is 2.13. The third-order valence-corrected chi connectivity index (χ3v) is 1.89. The average Bonchev–Trinajstić information content (AvgIpc) is 2.25. The molecule has 1 aromatic rings. The van der Waals surface area contributed by atoms with Crippen LogP contribution in [0.4, 0.5) is 5.95 Å². The number of carbonyl (C=O) groups is 1. The molecule has 0 saturated heterocycles. The molecule has 1 aromatic heterocycles. The summed E-state index contributed by atoms with van der Waals surface area (Å²) in [5, 5.41) is 11.7. The Labute approximate surface area is 94.9 Å². The zero-order valence-electron chi connectivity index (χ0n) is 9.82. The molecule has 2 N–H and O–H groups in total. The summed E-state index contributed by atoms with van der Waals surface area (Å²) in [5.41, 5.74) is 0.465. The summed E-state index contributed by atoms with van der Waals surface area (Å²) in [5.74, 6) is 0.117. The van der Waals surface area contributed by atoms with Crippen molar-refractivity contribution < 1.29 is 9.90 Å². The normalized spacial score (nSPS) is 11.2. The fraction of sp³-hybridized carbons (Fsp3) is 0.545. The van der Waals surface area contributed by atoms with Crippen molar-refractivity contribution in [2.75, 3.05) is 18.5 Å². The first kappa shape index (κ1) is 12.6. The summed E-state index contributed by atoms with van der Waals surface area (Å²) in [6.45, 7) is 6.54. The van der Waals surface area contributed by atoms with Crippen LogP contribution in [-0.4, -0.2) is 34.0 Å². The molecule has 0 atom stereocenters. The van der Waals surface area contributed by atoms with Gasteiger partial charge in [0.15, 0.2) is 5.78 Å². The average molecular weight is 223 g/mol. The Kier molecular flexibility index (Phi) is 3.95. The predicted octanol–water partition coefficient (Wildman–Crippen LogP) is 1.11. The molecule has 1 heterocycles. The number of nitrogens with one attached hydrogen (secondary N) is 1. The highest BCUT2D eigenvalue weighted by atomic mass is 16.3. The summed E-state index contributed by atoms with van der Waals surface area (Å²) in [4.78, 5) is 19.1. The molecule has 0 bridgehead atoms. The van der Waals surface area contributed by atoms with Crippen LogP contribution < -0.4 is 5.32 Å². The van der Waals surface area contributed by atoms with E-state index in [0.717, 1.165) is 6.54 Å². The maximum Gasteiger partial charge on any atom is 0.222 e. The lowest BCUT2D eigenvalue weighted by molar-refractivity contribution is 0.0903. The van der Waals surface area contributed by atoms with Gasteiger partial charge in [-0.05, 0) is 5.41 Å². The molecule has 0 unspecified atom stereocenters. The summed E-state index contributed by atoms with van der Waals surface area (Å²) >= 11 is 0. The number of carbonyl (C=O) groups excluding carboxylic acids is 1. The van der Waals surface area contributed by atoms with Crippen LogP contribution in [0.2, 0.25) is 0 Å². The Morgan fingerprint density at radius 3 is 2.38 bits per heavy atom. The Hall–Kier alpha value is -1.49. The van der Waals surface area contributed by atoms with Crippen molar-refractivity contribution in [2.24, 2.45) is 5.41 Å². The van der Waals surface area contributed by atoms with Gasteiger partial charge in [-0.25, -0.2) is 9.97 Å². The van der Waals surface area contributed by atoms with Gasteiger partial charge in [-0.2, -0.15) is 0 Å².